The Morgan fingerprint density at radius 3 is 1.93 bits per heavy atom. The van der Waals surface area contributed by atoms with Gasteiger partial charge in [-0.25, -0.2) is 9.97 Å². The van der Waals surface area contributed by atoms with Crippen LogP contribution in [0.25, 0.3) is 77.7 Å². The molecule has 11 rings (SSSR count). The summed E-state index contributed by atoms with van der Waals surface area (Å²) in [4.78, 5) is 12.7. The number of rotatable bonds is 6. The molecule has 10 aromatic rings. The molecule has 0 N–H and O–H groups in total. The first-order valence-corrected chi connectivity index (χ1v) is 19.5. The molecule has 2 heterocycles. The summed E-state index contributed by atoms with van der Waals surface area (Å²) in [7, 11) is 0. The predicted molar refractivity (Wildman–Crippen MR) is 235 cm³/mol. The van der Waals surface area contributed by atoms with Crippen LogP contribution >= 0.6 is 0 Å². The quantitative estimate of drug-likeness (QED) is 0.171. The van der Waals surface area contributed by atoms with Crippen molar-refractivity contribution >= 4 is 49.9 Å². The van der Waals surface area contributed by atoms with Gasteiger partial charge >= 0.3 is 0 Å². The number of nitrogens with zero attached hydrogens (tertiary/aromatic N) is 3. The monoisotopic (exact) mass is 731 g/mol. The van der Waals surface area contributed by atoms with Crippen LogP contribution in [0, 0.1) is 0 Å². The summed E-state index contributed by atoms with van der Waals surface area (Å²) in [6.45, 7) is 4.67. The SMILES string of the molecule is CC1(C)c2ccccc2-c2c(N(c3ccc(-c4ccccc4)cc3)c3ccc4oc5c(-c6nc(-c7ccccc7)c7ccccc7n6)cccc5c4c3)cccc21. The van der Waals surface area contributed by atoms with Crippen LogP contribution in [0.4, 0.5) is 17.1 Å². The fraction of sp³-hybridized carbons (Fsp3) is 0.0566. The molecule has 0 radical (unpaired) electrons. The minimum atomic E-state index is -0.128. The third-order valence-corrected chi connectivity index (χ3v) is 11.7. The van der Waals surface area contributed by atoms with Gasteiger partial charge in [-0.05, 0) is 76.3 Å². The first kappa shape index (κ1) is 33.1. The summed E-state index contributed by atoms with van der Waals surface area (Å²) in [6, 6.07) is 66.5. The van der Waals surface area contributed by atoms with Gasteiger partial charge in [-0.1, -0.05) is 153 Å². The molecule has 0 fully saturated rings. The fourth-order valence-electron chi connectivity index (χ4n) is 8.90. The van der Waals surface area contributed by atoms with Gasteiger partial charge in [0.1, 0.15) is 11.2 Å². The number of hydrogen-bond donors (Lipinski definition) is 0. The van der Waals surface area contributed by atoms with Crippen molar-refractivity contribution in [2.75, 3.05) is 4.90 Å². The predicted octanol–water partition coefficient (Wildman–Crippen LogP) is 14.3. The maximum Gasteiger partial charge on any atom is 0.164 e. The number of aromatic nitrogens is 2. The summed E-state index contributed by atoms with van der Waals surface area (Å²) in [5.74, 6) is 0.638. The third-order valence-electron chi connectivity index (χ3n) is 11.7. The summed E-state index contributed by atoms with van der Waals surface area (Å²) in [5.41, 5.74) is 16.0. The molecule has 0 spiro atoms. The largest absolute Gasteiger partial charge is 0.455 e. The van der Waals surface area contributed by atoms with Gasteiger partial charge in [0.15, 0.2) is 5.82 Å². The van der Waals surface area contributed by atoms with Crippen molar-refractivity contribution < 1.29 is 4.42 Å². The van der Waals surface area contributed by atoms with Gasteiger partial charge in [-0.2, -0.15) is 0 Å². The summed E-state index contributed by atoms with van der Waals surface area (Å²) in [6.07, 6.45) is 0. The van der Waals surface area contributed by atoms with Crippen molar-refractivity contribution in [3.05, 3.63) is 199 Å². The highest BCUT2D eigenvalue weighted by atomic mass is 16.3. The van der Waals surface area contributed by atoms with E-state index < -0.39 is 0 Å². The van der Waals surface area contributed by atoms with E-state index in [9.17, 15) is 0 Å². The van der Waals surface area contributed by atoms with E-state index in [1.165, 1.54) is 33.4 Å². The number of hydrogen-bond acceptors (Lipinski definition) is 4. The van der Waals surface area contributed by atoms with Crippen molar-refractivity contribution in [1.82, 2.24) is 9.97 Å². The van der Waals surface area contributed by atoms with Crippen LogP contribution in [0.5, 0.6) is 0 Å². The smallest absolute Gasteiger partial charge is 0.164 e. The number of para-hydroxylation sites is 2. The molecule has 2 aromatic heterocycles. The van der Waals surface area contributed by atoms with Crippen LogP contribution in [-0.4, -0.2) is 9.97 Å². The minimum Gasteiger partial charge on any atom is -0.455 e. The van der Waals surface area contributed by atoms with Crippen molar-refractivity contribution in [3.63, 3.8) is 0 Å². The van der Waals surface area contributed by atoms with Crippen molar-refractivity contribution in [2.24, 2.45) is 0 Å². The minimum absolute atomic E-state index is 0.128. The van der Waals surface area contributed by atoms with Gasteiger partial charge in [0.2, 0.25) is 0 Å². The average molecular weight is 732 g/mol. The molecular formula is C53H37N3O. The van der Waals surface area contributed by atoms with Crippen molar-refractivity contribution in [3.8, 4) is 44.9 Å². The molecule has 4 nitrogen and oxygen atoms in total. The second-order valence-electron chi connectivity index (χ2n) is 15.4. The highest BCUT2D eigenvalue weighted by Crippen LogP contribution is 2.54. The summed E-state index contributed by atoms with van der Waals surface area (Å²) < 4.78 is 6.76. The Hall–Kier alpha value is -7.30. The second-order valence-corrected chi connectivity index (χ2v) is 15.4. The normalized spacial score (nSPS) is 12.9. The lowest BCUT2D eigenvalue weighted by Crippen LogP contribution is -2.16. The van der Waals surface area contributed by atoms with Crippen LogP contribution in [0.2, 0.25) is 0 Å². The van der Waals surface area contributed by atoms with E-state index in [2.05, 4.69) is 176 Å². The van der Waals surface area contributed by atoms with Gasteiger partial charge in [0.05, 0.1) is 22.5 Å². The molecule has 4 heteroatoms. The molecular weight excluding hydrogens is 695 g/mol. The molecule has 0 saturated heterocycles. The Labute approximate surface area is 331 Å². The zero-order chi connectivity index (χ0) is 38.1. The molecule has 57 heavy (non-hydrogen) atoms. The van der Waals surface area contributed by atoms with Crippen molar-refractivity contribution in [1.29, 1.82) is 0 Å². The lowest BCUT2D eigenvalue weighted by atomic mass is 9.82. The number of fused-ring (bicyclic) bond motifs is 7. The van der Waals surface area contributed by atoms with Gasteiger partial charge in [0, 0.05) is 44.1 Å². The lowest BCUT2D eigenvalue weighted by molar-refractivity contribution is 0.660. The number of benzene rings is 8. The maximum atomic E-state index is 6.76. The first-order valence-electron chi connectivity index (χ1n) is 19.5. The van der Waals surface area contributed by atoms with Crippen LogP contribution in [0.1, 0.15) is 25.0 Å². The zero-order valence-electron chi connectivity index (χ0n) is 31.6. The van der Waals surface area contributed by atoms with E-state index in [1.807, 2.05) is 30.3 Å². The number of anilines is 3. The second kappa shape index (κ2) is 12.9. The summed E-state index contributed by atoms with van der Waals surface area (Å²) in [5, 5.41) is 3.07. The van der Waals surface area contributed by atoms with Gasteiger partial charge in [-0.3, -0.25) is 0 Å². The van der Waals surface area contributed by atoms with E-state index in [1.54, 1.807) is 0 Å². The average Bonchev–Trinajstić information content (AvgIpc) is 3.76. The zero-order valence-corrected chi connectivity index (χ0v) is 31.6. The standard InChI is InChI=1S/C53H37N3O/c1-53(2)44-23-11-9-19-40(44)49-45(53)24-14-26-47(49)56(37-29-27-35(28-30-37)34-15-5-3-6-16-34)38-31-32-48-43(33-38)39-21-13-22-42(51(39)57-48)52-54-46-25-12-10-20-41(46)50(55-52)36-17-7-4-8-18-36/h3-33H,1-2H3. The van der Waals surface area contributed by atoms with Gasteiger partial charge in [-0.15, -0.1) is 0 Å². The Morgan fingerprint density at radius 2 is 1.11 bits per heavy atom. The third kappa shape index (κ3) is 5.29. The molecule has 270 valence electrons. The van der Waals surface area contributed by atoms with E-state index >= 15 is 0 Å². The molecule has 0 aliphatic heterocycles. The lowest BCUT2D eigenvalue weighted by Gasteiger charge is -2.29. The van der Waals surface area contributed by atoms with Crippen LogP contribution in [-0.2, 0) is 5.41 Å². The fourth-order valence-corrected chi connectivity index (χ4v) is 8.90. The molecule has 1 aliphatic carbocycles. The Kier molecular flexibility index (Phi) is 7.48. The molecule has 0 atom stereocenters. The van der Waals surface area contributed by atoms with Crippen LogP contribution in [0.15, 0.2) is 192 Å². The Bertz CT molecular complexity index is 3150. The highest BCUT2D eigenvalue weighted by Gasteiger charge is 2.37. The van der Waals surface area contributed by atoms with Gasteiger partial charge < -0.3 is 9.32 Å². The summed E-state index contributed by atoms with van der Waals surface area (Å²) >= 11 is 0. The molecule has 0 unspecified atom stereocenters. The van der Waals surface area contributed by atoms with E-state index in [0.717, 1.165) is 66.7 Å². The van der Waals surface area contributed by atoms with Crippen LogP contribution < -0.4 is 4.90 Å². The molecule has 0 amide bonds. The molecule has 0 bridgehead atoms. The topological polar surface area (TPSA) is 42.2 Å². The van der Waals surface area contributed by atoms with E-state index in [0.29, 0.717) is 5.82 Å². The van der Waals surface area contributed by atoms with Crippen molar-refractivity contribution in [2.45, 2.75) is 19.3 Å². The Balaban J connectivity index is 1.11. The van der Waals surface area contributed by atoms with E-state index in [-0.39, 0.29) is 5.41 Å². The molecule has 0 saturated carbocycles. The number of furan rings is 1. The highest BCUT2D eigenvalue weighted by molar-refractivity contribution is 6.11. The maximum absolute atomic E-state index is 6.76. The molecule has 1 aliphatic rings. The molecule has 8 aromatic carbocycles. The van der Waals surface area contributed by atoms with Crippen LogP contribution in [0.3, 0.4) is 0 Å². The Morgan fingerprint density at radius 1 is 0.474 bits per heavy atom. The first-order chi connectivity index (χ1) is 28.0. The van der Waals surface area contributed by atoms with E-state index in [4.69, 9.17) is 14.4 Å². The van der Waals surface area contributed by atoms with Gasteiger partial charge in [0.25, 0.3) is 0 Å².